The summed E-state index contributed by atoms with van der Waals surface area (Å²) in [5.41, 5.74) is 7.98. The van der Waals surface area contributed by atoms with Crippen molar-refractivity contribution < 1.29 is 14.3 Å². The van der Waals surface area contributed by atoms with E-state index >= 15 is 0 Å². The Morgan fingerprint density at radius 1 is 1.43 bits per heavy atom. The lowest BCUT2D eigenvalue weighted by atomic mass is 9.86. The lowest BCUT2D eigenvalue weighted by Gasteiger charge is -2.24. The van der Waals surface area contributed by atoms with E-state index in [0.717, 1.165) is 25.0 Å². The number of hydrogen-bond donors (Lipinski definition) is 2. The predicted octanol–water partition coefficient (Wildman–Crippen LogP) is 1.62. The van der Waals surface area contributed by atoms with Gasteiger partial charge in [-0.2, -0.15) is 0 Å². The summed E-state index contributed by atoms with van der Waals surface area (Å²) in [6, 6.07) is 5.57. The van der Waals surface area contributed by atoms with E-state index in [1.54, 1.807) is 0 Å². The molecule has 5 nitrogen and oxygen atoms in total. The van der Waals surface area contributed by atoms with E-state index in [-0.39, 0.29) is 18.1 Å². The third kappa shape index (κ3) is 2.76. The highest BCUT2D eigenvalue weighted by Crippen LogP contribution is 2.35. The Labute approximate surface area is 124 Å². The van der Waals surface area contributed by atoms with Gasteiger partial charge in [-0.25, -0.2) is 0 Å². The van der Waals surface area contributed by atoms with Crippen molar-refractivity contribution in [2.45, 2.75) is 31.9 Å². The Morgan fingerprint density at radius 3 is 3.10 bits per heavy atom. The minimum atomic E-state index is -0.112. The van der Waals surface area contributed by atoms with E-state index in [0.29, 0.717) is 30.4 Å². The Morgan fingerprint density at radius 2 is 2.29 bits per heavy atom. The van der Waals surface area contributed by atoms with Crippen LogP contribution in [0.2, 0.25) is 0 Å². The van der Waals surface area contributed by atoms with Gasteiger partial charge in [0.2, 0.25) is 0 Å². The number of hydrogen-bond acceptors (Lipinski definition) is 4. The summed E-state index contributed by atoms with van der Waals surface area (Å²) in [6.45, 7) is 3.92. The first-order valence-electron chi connectivity index (χ1n) is 7.63. The molecule has 0 radical (unpaired) electrons. The molecule has 0 aromatic heterocycles. The molecule has 2 heterocycles. The van der Waals surface area contributed by atoms with Crippen molar-refractivity contribution in [2.24, 2.45) is 11.7 Å². The standard InChI is InChI=1S/C16H22N2O3/c1-2-13-11(5-7-20-13)15(17)10-3-4-14-12(9-10)16(19)18-6-8-21-14/h3-4,9,11,13,15H,2,5-8,17H2,1H3,(H,18,19). The quantitative estimate of drug-likeness (QED) is 0.887. The van der Waals surface area contributed by atoms with Crippen LogP contribution in [0.1, 0.15) is 41.7 Å². The van der Waals surface area contributed by atoms with Crippen LogP contribution < -0.4 is 15.8 Å². The summed E-state index contributed by atoms with van der Waals surface area (Å²) in [6.07, 6.45) is 2.15. The van der Waals surface area contributed by atoms with Gasteiger partial charge < -0.3 is 20.5 Å². The molecular formula is C16H22N2O3. The zero-order chi connectivity index (χ0) is 14.8. The number of carbonyl (C=O) groups excluding carboxylic acids is 1. The van der Waals surface area contributed by atoms with E-state index in [2.05, 4.69) is 12.2 Å². The topological polar surface area (TPSA) is 73.6 Å². The molecule has 0 bridgehead atoms. The zero-order valence-corrected chi connectivity index (χ0v) is 12.3. The van der Waals surface area contributed by atoms with Crippen LogP contribution in [0.15, 0.2) is 18.2 Å². The van der Waals surface area contributed by atoms with Gasteiger partial charge in [0.05, 0.1) is 18.2 Å². The maximum absolute atomic E-state index is 12.1. The maximum atomic E-state index is 12.1. The van der Waals surface area contributed by atoms with Crippen molar-refractivity contribution >= 4 is 5.91 Å². The lowest BCUT2D eigenvalue weighted by Crippen LogP contribution is -2.28. The Bertz CT molecular complexity index is 532. The molecule has 3 atom stereocenters. The van der Waals surface area contributed by atoms with Gasteiger partial charge in [0.15, 0.2) is 0 Å². The number of carbonyl (C=O) groups is 1. The van der Waals surface area contributed by atoms with Gasteiger partial charge in [-0.15, -0.1) is 0 Å². The highest BCUT2D eigenvalue weighted by atomic mass is 16.5. The van der Waals surface area contributed by atoms with E-state index in [9.17, 15) is 4.79 Å². The van der Waals surface area contributed by atoms with Gasteiger partial charge in [-0.3, -0.25) is 4.79 Å². The number of benzene rings is 1. The molecule has 0 spiro atoms. The molecule has 1 fully saturated rings. The van der Waals surface area contributed by atoms with Crippen LogP contribution in [-0.2, 0) is 4.74 Å². The van der Waals surface area contributed by atoms with E-state index in [1.165, 1.54) is 0 Å². The summed E-state index contributed by atoms with van der Waals surface area (Å²) in [5.74, 6) is 0.852. The monoisotopic (exact) mass is 290 g/mol. The largest absolute Gasteiger partial charge is 0.491 e. The molecule has 114 valence electrons. The van der Waals surface area contributed by atoms with Gasteiger partial charge in [-0.05, 0) is 30.5 Å². The molecule has 2 aliphatic heterocycles. The molecule has 1 aromatic rings. The molecule has 3 unspecified atom stereocenters. The lowest BCUT2D eigenvalue weighted by molar-refractivity contribution is 0.0813. The van der Waals surface area contributed by atoms with Crippen LogP contribution in [0.25, 0.3) is 0 Å². The minimum Gasteiger partial charge on any atom is -0.491 e. The zero-order valence-electron chi connectivity index (χ0n) is 12.3. The number of ether oxygens (including phenoxy) is 2. The molecule has 0 saturated carbocycles. The smallest absolute Gasteiger partial charge is 0.255 e. The summed E-state index contributed by atoms with van der Waals surface area (Å²) in [7, 11) is 0. The highest BCUT2D eigenvalue weighted by Gasteiger charge is 2.33. The first-order valence-corrected chi connectivity index (χ1v) is 7.63. The second-order valence-electron chi connectivity index (χ2n) is 5.66. The average molecular weight is 290 g/mol. The number of fused-ring (bicyclic) bond motifs is 1. The molecule has 0 aliphatic carbocycles. The highest BCUT2D eigenvalue weighted by molar-refractivity contribution is 5.97. The fourth-order valence-corrected chi connectivity index (χ4v) is 3.22. The number of nitrogens with one attached hydrogen (secondary N) is 1. The molecule has 3 rings (SSSR count). The van der Waals surface area contributed by atoms with Gasteiger partial charge in [0.1, 0.15) is 12.4 Å². The number of nitrogens with two attached hydrogens (primary N) is 1. The van der Waals surface area contributed by atoms with Crippen molar-refractivity contribution in [1.82, 2.24) is 5.32 Å². The summed E-state index contributed by atoms with van der Waals surface area (Å²) in [5, 5.41) is 2.83. The SMILES string of the molecule is CCC1OCCC1C(N)c1ccc2c(c1)C(=O)NCCO2. The van der Waals surface area contributed by atoms with Crippen LogP contribution in [0.5, 0.6) is 5.75 Å². The maximum Gasteiger partial charge on any atom is 0.255 e. The molecule has 3 N–H and O–H groups in total. The van der Waals surface area contributed by atoms with Crippen molar-refractivity contribution in [3.8, 4) is 5.75 Å². The van der Waals surface area contributed by atoms with E-state index in [1.807, 2.05) is 18.2 Å². The second kappa shape index (κ2) is 6.03. The van der Waals surface area contributed by atoms with Gasteiger partial charge in [-0.1, -0.05) is 13.0 Å². The first-order chi connectivity index (χ1) is 10.2. The van der Waals surface area contributed by atoms with Crippen LogP contribution >= 0.6 is 0 Å². The first kappa shape index (κ1) is 14.4. The normalized spacial score (nSPS) is 26.5. The molecule has 1 saturated heterocycles. The summed E-state index contributed by atoms with van der Waals surface area (Å²) < 4.78 is 11.3. The van der Waals surface area contributed by atoms with Crippen molar-refractivity contribution in [3.05, 3.63) is 29.3 Å². The fourth-order valence-electron chi connectivity index (χ4n) is 3.22. The fraction of sp³-hybridized carbons (Fsp3) is 0.562. The van der Waals surface area contributed by atoms with Crippen LogP contribution in [0.4, 0.5) is 0 Å². The van der Waals surface area contributed by atoms with Crippen LogP contribution in [0, 0.1) is 5.92 Å². The van der Waals surface area contributed by atoms with Gasteiger partial charge in [0.25, 0.3) is 5.91 Å². The third-order valence-electron chi connectivity index (χ3n) is 4.40. The van der Waals surface area contributed by atoms with Crippen LogP contribution in [0.3, 0.4) is 0 Å². The minimum absolute atomic E-state index is 0.0914. The Balaban J connectivity index is 1.87. The van der Waals surface area contributed by atoms with Gasteiger partial charge in [0, 0.05) is 18.6 Å². The number of rotatable bonds is 3. The van der Waals surface area contributed by atoms with Crippen LogP contribution in [-0.4, -0.2) is 31.8 Å². The van der Waals surface area contributed by atoms with E-state index < -0.39 is 0 Å². The molecule has 1 aromatic carbocycles. The van der Waals surface area contributed by atoms with Crippen molar-refractivity contribution in [2.75, 3.05) is 19.8 Å². The Hall–Kier alpha value is -1.59. The predicted molar refractivity (Wildman–Crippen MR) is 79.3 cm³/mol. The number of amides is 1. The van der Waals surface area contributed by atoms with Crippen molar-refractivity contribution in [1.29, 1.82) is 0 Å². The summed E-state index contributed by atoms with van der Waals surface area (Å²) >= 11 is 0. The third-order valence-corrected chi connectivity index (χ3v) is 4.40. The Kier molecular flexibility index (Phi) is 4.12. The van der Waals surface area contributed by atoms with Crippen molar-refractivity contribution in [3.63, 3.8) is 0 Å². The second-order valence-corrected chi connectivity index (χ2v) is 5.66. The molecular weight excluding hydrogens is 268 g/mol. The molecule has 1 amide bonds. The van der Waals surface area contributed by atoms with E-state index in [4.69, 9.17) is 15.2 Å². The molecule has 21 heavy (non-hydrogen) atoms. The average Bonchev–Trinajstić information content (AvgIpc) is 2.91. The van der Waals surface area contributed by atoms with Gasteiger partial charge >= 0.3 is 0 Å². The summed E-state index contributed by atoms with van der Waals surface area (Å²) in [4.78, 5) is 12.1. The molecule has 5 heteroatoms. The molecule has 2 aliphatic rings.